The summed E-state index contributed by atoms with van der Waals surface area (Å²) >= 11 is 0. The van der Waals surface area contributed by atoms with Gasteiger partial charge < -0.3 is 9.73 Å². The predicted octanol–water partition coefficient (Wildman–Crippen LogP) is 3.29. The standard InChI is InChI=1S/C16H17N3O/c1-2-4-15-12(3-1)14(10-20-15)13-9-18-19-16(13)11-5-7-17-8-6-11/h1-4,9-11,17H,5-8H2,(H,18,19). The van der Waals surface area contributed by atoms with Crippen LogP contribution in [0.25, 0.3) is 22.1 Å². The molecule has 1 fully saturated rings. The van der Waals surface area contributed by atoms with E-state index in [1.165, 1.54) is 11.3 Å². The van der Waals surface area contributed by atoms with Gasteiger partial charge in [0.2, 0.25) is 0 Å². The van der Waals surface area contributed by atoms with Gasteiger partial charge in [-0.3, -0.25) is 5.10 Å². The van der Waals surface area contributed by atoms with Crippen LogP contribution >= 0.6 is 0 Å². The van der Waals surface area contributed by atoms with Crippen molar-refractivity contribution < 1.29 is 4.42 Å². The zero-order valence-corrected chi connectivity index (χ0v) is 11.2. The molecule has 0 unspecified atom stereocenters. The van der Waals surface area contributed by atoms with Crippen LogP contribution in [0.2, 0.25) is 0 Å². The van der Waals surface area contributed by atoms with Gasteiger partial charge in [-0.25, -0.2) is 0 Å². The molecule has 2 aromatic heterocycles. The third-order valence-electron chi connectivity index (χ3n) is 4.19. The number of H-pyrrole nitrogens is 1. The smallest absolute Gasteiger partial charge is 0.134 e. The Kier molecular flexibility index (Phi) is 2.81. The first kappa shape index (κ1) is 11.7. The largest absolute Gasteiger partial charge is 0.464 e. The van der Waals surface area contributed by atoms with Crippen molar-refractivity contribution in [3.63, 3.8) is 0 Å². The highest BCUT2D eigenvalue weighted by molar-refractivity contribution is 5.94. The summed E-state index contributed by atoms with van der Waals surface area (Å²) in [5, 5.41) is 12.0. The zero-order chi connectivity index (χ0) is 13.4. The summed E-state index contributed by atoms with van der Waals surface area (Å²) in [7, 11) is 0. The normalized spacial score (nSPS) is 16.8. The van der Waals surface area contributed by atoms with Crippen LogP contribution in [-0.4, -0.2) is 23.3 Å². The molecular formula is C16H17N3O. The maximum atomic E-state index is 5.66. The molecular weight excluding hydrogens is 250 g/mol. The van der Waals surface area contributed by atoms with Gasteiger partial charge >= 0.3 is 0 Å². The molecule has 0 spiro atoms. The van der Waals surface area contributed by atoms with E-state index in [0.29, 0.717) is 5.92 Å². The van der Waals surface area contributed by atoms with Gasteiger partial charge in [0.1, 0.15) is 5.58 Å². The fourth-order valence-corrected chi connectivity index (χ4v) is 3.12. The van der Waals surface area contributed by atoms with Crippen molar-refractivity contribution in [2.45, 2.75) is 18.8 Å². The lowest BCUT2D eigenvalue weighted by molar-refractivity contribution is 0.453. The van der Waals surface area contributed by atoms with Crippen LogP contribution in [0.3, 0.4) is 0 Å². The summed E-state index contributed by atoms with van der Waals surface area (Å²) in [6.07, 6.45) is 6.09. The van der Waals surface area contributed by atoms with Crippen molar-refractivity contribution in [1.82, 2.24) is 15.5 Å². The van der Waals surface area contributed by atoms with E-state index in [9.17, 15) is 0 Å². The van der Waals surface area contributed by atoms with E-state index in [1.54, 1.807) is 0 Å². The molecule has 0 atom stereocenters. The van der Waals surface area contributed by atoms with E-state index in [4.69, 9.17) is 4.42 Å². The number of aromatic amines is 1. The third-order valence-corrected chi connectivity index (χ3v) is 4.19. The van der Waals surface area contributed by atoms with E-state index in [-0.39, 0.29) is 0 Å². The minimum Gasteiger partial charge on any atom is -0.464 e. The molecule has 4 rings (SSSR count). The van der Waals surface area contributed by atoms with Gasteiger partial charge in [0.25, 0.3) is 0 Å². The number of nitrogens with one attached hydrogen (secondary N) is 2. The monoisotopic (exact) mass is 267 g/mol. The van der Waals surface area contributed by atoms with Gasteiger partial charge in [-0.05, 0) is 32.0 Å². The number of benzene rings is 1. The van der Waals surface area contributed by atoms with E-state index in [1.807, 2.05) is 30.7 Å². The molecule has 3 heterocycles. The van der Waals surface area contributed by atoms with E-state index in [2.05, 4.69) is 21.6 Å². The number of furan rings is 1. The van der Waals surface area contributed by atoms with Crippen LogP contribution in [0.5, 0.6) is 0 Å². The molecule has 1 aliphatic heterocycles. The van der Waals surface area contributed by atoms with Crippen molar-refractivity contribution in [3.8, 4) is 11.1 Å². The second-order valence-electron chi connectivity index (χ2n) is 5.37. The molecule has 0 saturated carbocycles. The molecule has 4 heteroatoms. The summed E-state index contributed by atoms with van der Waals surface area (Å²) < 4.78 is 5.66. The quantitative estimate of drug-likeness (QED) is 0.749. The number of hydrogen-bond donors (Lipinski definition) is 2. The lowest BCUT2D eigenvalue weighted by atomic mass is 9.90. The Hall–Kier alpha value is -2.07. The van der Waals surface area contributed by atoms with Crippen LogP contribution in [0.4, 0.5) is 0 Å². The Bertz CT molecular complexity index is 722. The van der Waals surface area contributed by atoms with Crippen LogP contribution in [0.15, 0.2) is 41.1 Å². The Balaban J connectivity index is 1.81. The summed E-state index contributed by atoms with van der Waals surface area (Å²) in [6.45, 7) is 2.16. The van der Waals surface area contributed by atoms with Gasteiger partial charge in [-0.2, -0.15) is 5.10 Å². The predicted molar refractivity (Wildman–Crippen MR) is 78.6 cm³/mol. The Labute approximate surface area is 117 Å². The first-order valence-corrected chi connectivity index (χ1v) is 7.14. The zero-order valence-electron chi connectivity index (χ0n) is 11.2. The molecule has 0 amide bonds. The molecule has 102 valence electrons. The van der Waals surface area contributed by atoms with Crippen molar-refractivity contribution in [2.24, 2.45) is 0 Å². The molecule has 0 bridgehead atoms. The number of fused-ring (bicyclic) bond motifs is 1. The highest BCUT2D eigenvalue weighted by atomic mass is 16.3. The second-order valence-corrected chi connectivity index (χ2v) is 5.37. The van der Waals surface area contributed by atoms with E-state index >= 15 is 0 Å². The average Bonchev–Trinajstić information content (AvgIpc) is 3.14. The van der Waals surface area contributed by atoms with Crippen molar-refractivity contribution in [2.75, 3.05) is 13.1 Å². The average molecular weight is 267 g/mol. The van der Waals surface area contributed by atoms with Crippen LogP contribution in [0.1, 0.15) is 24.5 Å². The van der Waals surface area contributed by atoms with Crippen molar-refractivity contribution in [1.29, 1.82) is 0 Å². The van der Waals surface area contributed by atoms with Gasteiger partial charge in [0, 0.05) is 28.1 Å². The minimum absolute atomic E-state index is 0.558. The van der Waals surface area contributed by atoms with Crippen molar-refractivity contribution in [3.05, 3.63) is 42.4 Å². The first-order valence-electron chi connectivity index (χ1n) is 7.14. The van der Waals surface area contributed by atoms with Gasteiger partial charge in [-0.1, -0.05) is 18.2 Å². The highest BCUT2D eigenvalue weighted by Crippen LogP contribution is 2.36. The van der Waals surface area contributed by atoms with Crippen LogP contribution in [0, 0.1) is 0 Å². The molecule has 3 aromatic rings. The minimum atomic E-state index is 0.558. The lowest BCUT2D eigenvalue weighted by Crippen LogP contribution is -2.27. The van der Waals surface area contributed by atoms with E-state index < -0.39 is 0 Å². The van der Waals surface area contributed by atoms with Gasteiger partial charge in [0.15, 0.2) is 0 Å². The number of nitrogens with zero attached hydrogens (tertiary/aromatic N) is 1. The molecule has 1 aromatic carbocycles. The molecule has 20 heavy (non-hydrogen) atoms. The number of piperidine rings is 1. The SMILES string of the molecule is c1ccc2c(-c3cn[nH]c3C3CCNCC3)coc2c1. The third kappa shape index (κ3) is 1.84. The highest BCUT2D eigenvalue weighted by Gasteiger charge is 2.22. The molecule has 4 nitrogen and oxygen atoms in total. The van der Waals surface area contributed by atoms with Crippen LogP contribution in [-0.2, 0) is 0 Å². The second kappa shape index (κ2) is 4.80. The summed E-state index contributed by atoms with van der Waals surface area (Å²) in [5.41, 5.74) is 4.50. The number of hydrogen-bond acceptors (Lipinski definition) is 3. The number of para-hydroxylation sites is 1. The summed E-state index contributed by atoms with van der Waals surface area (Å²) in [4.78, 5) is 0. The molecule has 1 saturated heterocycles. The summed E-state index contributed by atoms with van der Waals surface area (Å²) in [6, 6.07) is 8.15. The van der Waals surface area contributed by atoms with Crippen LogP contribution < -0.4 is 5.32 Å². The molecule has 0 aliphatic carbocycles. The van der Waals surface area contributed by atoms with Gasteiger partial charge in [-0.15, -0.1) is 0 Å². The Morgan fingerprint density at radius 2 is 1.95 bits per heavy atom. The Morgan fingerprint density at radius 3 is 2.85 bits per heavy atom. The maximum Gasteiger partial charge on any atom is 0.134 e. The molecule has 2 N–H and O–H groups in total. The summed E-state index contributed by atoms with van der Waals surface area (Å²) in [5.74, 6) is 0.558. The van der Waals surface area contributed by atoms with Gasteiger partial charge in [0.05, 0.1) is 12.5 Å². The first-order chi connectivity index (χ1) is 9.93. The fourth-order valence-electron chi connectivity index (χ4n) is 3.12. The van der Waals surface area contributed by atoms with Crippen molar-refractivity contribution >= 4 is 11.0 Å². The lowest BCUT2D eigenvalue weighted by Gasteiger charge is -2.22. The van der Waals surface area contributed by atoms with E-state index in [0.717, 1.165) is 42.5 Å². The molecule has 0 radical (unpaired) electrons. The Morgan fingerprint density at radius 1 is 1.10 bits per heavy atom. The number of rotatable bonds is 2. The number of aromatic nitrogens is 2. The maximum absolute atomic E-state index is 5.66. The topological polar surface area (TPSA) is 53.9 Å². The molecule has 1 aliphatic rings. The fraction of sp³-hybridized carbons (Fsp3) is 0.312.